The average molecular weight is 203 g/mol. The van der Waals surface area contributed by atoms with Crippen LogP contribution in [0.5, 0.6) is 0 Å². The maximum Gasteiger partial charge on any atom is 0.328 e. The van der Waals surface area contributed by atoms with Gasteiger partial charge in [0.1, 0.15) is 6.10 Å². The van der Waals surface area contributed by atoms with Crippen LogP contribution in [0.1, 0.15) is 6.92 Å². The van der Waals surface area contributed by atoms with Crippen molar-refractivity contribution >= 4 is 11.9 Å². The Morgan fingerprint density at radius 2 is 2.29 bits per heavy atom. The number of carboxylic acids is 1. The number of carbonyl (C=O) groups excluding carboxylic acids is 1. The summed E-state index contributed by atoms with van der Waals surface area (Å²) in [4.78, 5) is 21.3. The summed E-state index contributed by atoms with van der Waals surface area (Å²) in [5.74, 6) is -1.48. The van der Waals surface area contributed by atoms with Crippen molar-refractivity contribution in [3.63, 3.8) is 0 Å². The molecule has 1 rings (SSSR count). The number of carboxylic acid groups (broad SMARTS) is 1. The molecule has 0 bridgehead atoms. The lowest BCUT2D eigenvalue weighted by Crippen LogP contribution is -2.46. The fourth-order valence-electron chi connectivity index (χ4n) is 0.963. The number of hydrogen-bond acceptors (Lipinski definition) is 4. The first-order valence-electron chi connectivity index (χ1n) is 4.29. The van der Waals surface area contributed by atoms with E-state index in [1.165, 1.54) is 6.92 Å². The standard InChI is InChI=1S/C8H13NO5/c1-5(10)9-7(8(11)12)4-14-6-2-13-3-6/h6-7H,2-4H2,1H3,(H,9,10)(H,11,12). The van der Waals surface area contributed by atoms with Crippen LogP contribution in [-0.4, -0.2) is 48.9 Å². The second kappa shape index (κ2) is 4.92. The fourth-order valence-corrected chi connectivity index (χ4v) is 0.963. The minimum atomic E-state index is -1.10. The Hall–Kier alpha value is -1.14. The van der Waals surface area contributed by atoms with Gasteiger partial charge in [-0.3, -0.25) is 4.79 Å². The van der Waals surface area contributed by atoms with Crippen LogP contribution in [0.4, 0.5) is 0 Å². The molecule has 1 amide bonds. The summed E-state index contributed by atoms with van der Waals surface area (Å²) in [7, 11) is 0. The van der Waals surface area contributed by atoms with Crippen molar-refractivity contribution in [2.75, 3.05) is 19.8 Å². The molecule has 1 aliphatic heterocycles. The maximum atomic E-state index is 10.6. The van der Waals surface area contributed by atoms with E-state index in [9.17, 15) is 9.59 Å². The molecule has 0 aromatic carbocycles. The summed E-state index contributed by atoms with van der Waals surface area (Å²) in [6.45, 7) is 2.23. The molecule has 0 aromatic rings. The van der Waals surface area contributed by atoms with Crippen LogP contribution in [0, 0.1) is 0 Å². The molecule has 0 radical (unpaired) electrons. The Morgan fingerprint density at radius 3 is 2.64 bits per heavy atom. The molecule has 1 fully saturated rings. The van der Waals surface area contributed by atoms with Gasteiger partial charge in [0, 0.05) is 6.92 Å². The quantitative estimate of drug-likeness (QED) is 0.598. The van der Waals surface area contributed by atoms with Gasteiger partial charge in [0.25, 0.3) is 0 Å². The van der Waals surface area contributed by atoms with Gasteiger partial charge in [-0.15, -0.1) is 0 Å². The minimum absolute atomic E-state index is 0.0249. The fraction of sp³-hybridized carbons (Fsp3) is 0.750. The van der Waals surface area contributed by atoms with Gasteiger partial charge in [-0.25, -0.2) is 4.79 Å². The molecule has 0 aliphatic carbocycles. The number of carbonyl (C=O) groups is 2. The predicted octanol–water partition coefficient (Wildman–Crippen LogP) is -1.01. The number of rotatable bonds is 5. The first-order valence-corrected chi connectivity index (χ1v) is 4.29. The summed E-state index contributed by atoms with van der Waals surface area (Å²) >= 11 is 0. The van der Waals surface area contributed by atoms with E-state index in [4.69, 9.17) is 14.6 Å². The lowest BCUT2D eigenvalue weighted by atomic mass is 10.3. The summed E-state index contributed by atoms with van der Waals surface area (Å²) < 4.78 is 10.0. The molecule has 2 N–H and O–H groups in total. The monoisotopic (exact) mass is 203 g/mol. The zero-order valence-corrected chi connectivity index (χ0v) is 7.86. The molecule has 80 valence electrons. The van der Waals surface area contributed by atoms with Crippen LogP contribution in [0.25, 0.3) is 0 Å². The maximum absolute atomic E-state index is 10.6. The summed E-state index contributed by atoms with van der Waals surface area (Å²) in [6.07, 6.45) is -0.0365. The van der Waals surface area contributed by atoms with Crippen molar-refractivity contribution in [2.24, 2.45) is 0 Å². The van der Waals surface area contributed by atoms with Gasteiger partial charge in [-0.1, -0.05) is 0 Å². The Balaban J connectivity index is 2.26. The highest BCUT2D eigenvalue weighted by Gasteiger charge is 2.24. The molecule has 0 aromatic heterocycles. The summed E-state index contributed by atoms with van der Waals surface area (Å²) in [6, 6.07) is -0.979. The van der Waals surface area contributed by atoms with Gasteiger partial charge >= 0.3 is 5.97 Å². The van der Waals surface area contributed by atoms with E-state index in [0.29, 0.717) is 13.2 Å². The minimum Gasteiger partial charge on any atom is -0.480 e. The third-order valence-corrected chi connectivity index (χ3v) is 1.78. The van der Waals surface area contributed by atoms with E-state index < -0.39 is 12.0 Å². The molecule has 0 saturated carbocycles. The van der Waals surface area contributed by atoms with Gasteiger partial charge in [0.15, 0.2) is 6.04 Å². The zero-order valence-electron chi connectivity index (χ0n) is 7.86. The van der Waals surface area contributed by atoms with E-state index in [1.54, 1.807) is 0 Å². The molecular weight excluding hydrogens is 190 g/mol. The highest BCUT2D eigenvalue weighted by Crippen LogP contribution is 2.05. The molecule has 6 heteroatoms. The van der Waals surface area contributed by atoms with Crippen molar-refractivity contribution < 1.29 is 24.2 Å². The van der Waals surface area contributed by atoms with Crippen LogP contribution in [0.15, 0.2) is 0 Å². The third kappa shape index (κ3) is 3.31. The zero-order chi connectivity index (χ0) is 10.6. The van der Waals surface area contributed by atoms with Gasteiger partial charge in [-0.2, -0.15) is 0 Å². The van der Waals surface area contributed by atoms with Gasteiger partial charge in [0.05, 0.1) is 19.8 Å². The van der Waals surface area contributed by atoms with Crippen molar-refractivity contribution in [1.29, 1.82) is 0 Å². The topological polar surface area (TPSA) is 84.9 Å². The molecule has 1 unspecified atom stereocenters. The smallest absolute Gasteiger partial charge is 0.328 e. The number of hydrogen-bond donors (Lipinski definition) is 2. The number of amides is 1. The highest BCUT2D eigenvalue weighted by atomic mass is 16.6. The van der Waals surface area contributed by atoms with Gasteiger partial charge in [0.2, 0.25) is 5.91 Å². The summed E-state index contributed by atoms with van der Waals surface area (Å²) in [5.41, 5.74) is 0. The second-order valence-electron chi connectivity index (χ2n) is 3.08. The second-order valence-corrected chi connectivity index (χ2v) is 3.08. The highest BCUT2D eigenvalue weighted by molar-refractivity contribution is 5.82. The normalized spacial score (nSPS) is 18.4. The number of ether oxygens (including phenoxy) is 2. The largest absolute Gasteiger partial charge is 0.480 e. The number of nitrogens with one attached hydrogen (secondary N) is 1. The van der Waals surface area contributed by atoms with E-state index in [1.807, 2.05) is 0 Å². The lowest BCUT2D eigenvalue weighted by Gasteiger charge is -2.27. The van der Waals surface area contributed by atoms with E-state index in [-0.39, 0.29) is 18.6 Å². The third-order valence-electron chi connectivity index (χ3n) is 1.78. The van der Waals surface area contributed by atoms with Gasteiger partial charge < -0.3 is 19.9 Å². The van der Waals surface area contributed by atoms with Crippen molar-refractivity contribution in [3.8, 4) is 0 Å². The number of aliphatic carboxylic acids is 1. The summed E-state index contributed by atoms with van der Waals surface area (Å²) in [5, 5.41) is 11.0. The van der Waals surface area contributed by atoms with Crippen LogP contribution >= 0.6 is 0 Å². The molecule has 1 atom stereocenters. The van der Waals surface area contributed by atoms with E-state index in [2.05, 4.69) is 5.32 Å². The first kappa shape index (κ1) is 10.9. The lowest BCUT2D eigenvalue weighted by molar-refractivity contribution is -0.153. The van der Waals surface area contributed by atoms with E-state index >= 15 is 0 Å². The Kier molecular flexibility index (Phi) is 3.84. The average Bonchev–Trinajstić information content (AvgIpc) is 1.98. The Bertz CT molecular complexity index is 226. The molecule has 1 heterocycles. The molecule has 0 spiro atoms. The van der Waals surface area contributed by atoms with Crippen LogP contribution < -0.4 is 5.32 Å². The molecule has 14 heavy (non-hydrogen) atoms. The molecule has 1 aliphatic rings. The van der Waals surface area contributed by atoms with Crippen LogP contribution in [-0.2, 0) is 19.1 Å². The SMILES string of the molecule is CC(=O)NC(COC1COC1)C(=O)O. The molecular formula is C8H13NO5. The first-order chi connectivity index (χ1) is 6.59. The molecule has 1 saturated heterocycles. The predicted molar refractivity (Wildman–Crippen MR) is 45.8 cm³/mol. The van der Waals surface area contributed by atoms with Crippen molar-refractivity contribution in [1.82, 2.24) is 5.32 Å². The van der Waals surface area contributed by atoms with Crippen molar-refractivity contribution in [3.05, 3.63) is 0 Å². The Morgan fingerprint density at radius 1 is 1.64 bits per heavy atom. The van der Waals surface area contributed by atoms with E-state index in [0.717, 1.165) is 0 Å². The van der Waals surface area contributed by atoms with Crippen LogP contribution in [0.2, 0.25) is 0 Å². The Labute approximate surface area is 81.2 Å². The van der Waals surface area contributed by atoms with Crippen LogP contribution in [0.3, 0.4) is 0 Å². The van der Waals surface area contributed by atoms with Crippen molar-refractivity contribution in [2.45, 2.75) is 19.1 Å². The van der Waals surface area contributed by atoms with Gasteiger partial charge in [-0.05, 0) is 0 Å². The molecule has 6 nitrogen and oxygen atoms in total.